The molecule has 2 aromatic rings. The van der Waals surface area contributed by atoms with Gasteiger partial charge in [-0.2, -0.15) is 0 Å². The number of benzene rings is 1. The molecule has 144 valence electrons. The zero-order valence-electron chi connectivity index (χ0n) is 15.3. The number of carbonyl (C=O) groups excluding carboxylic acids is 1. The number of rotatable bonds is 5. The van der Waals surface area contributed by atoms with Crippen LogP contribution in [0.2, 0.25) is 0 Å². The maximum atomic E-state index is 12.8. The van der Waals surface area contributed by atoms with E-state index in [1.807, 2.05) is 4.90 Å². The summed E-state index contributed by atoms with van der Waals surface area (Å²) in [5, 5.41) is 3.02. The second-order valence-electron chi connectivity index (χ2n) is 6.49. The summed E-state index contributed by atoms with van der Waals surface area (Å²) in [6, 6.07) is 6.26. The first-order valence-electron chi connectivity index (χ1n) is 8.78. The molecule has 2 N–H and O–H groups in total. The molecule has 1 fully saturated rings. The van der Waals surface area contributed by atoms with Crippen LogP contribution < -0.4 is 14.9 Å². The van der Waals surface area contributed by atoms with Gasteiger partial charge in [-0.05, 0) is 50.6 Å². The smallest absolute Gasteiger partial charge is 0.251 e. The van der Waals surface area contributed by atoms with E-state index >= 15 is 0 Å². The summed E-state index contributed by atoms with van der Waals surface area (Å²) in [5.41, 5.74) is 1.08. The van der Waals surface area contributed by atoms with Gasteiger partial charge in [-0.25, -0.2) is 23.1 Å². The monoisotopic (exact) mass is 389 g/mol. The van der Waals surface area contributed by atoms with E-state index < -0.39 is 10.0 Å². The molecule has 1 aliphatic heterocycles. The van der Waals surface area contributed by atoms with Crippen molar-refractivity contribution in [3.05, 3.63) is 47.8 Å². The van der Waals surface area contributed by atoms with Crippen LogP contribution in [0.25, 0.3) is 0 Å². The summed E-state index contributed by atoms with van der Waals surface area (Å²) < 4.78 is 26.3. The van der Waals surface area contributed by atoms with E-state index in [0.717, 1.165) is 24.9 Å². The minimum absolute atomic E-state index is 0.0565. The van der Waals surface area contributed by atoms with Crippen molar-refractivity contribution in [1.29, 1.82) is 0 Å². The molecular weight excluding hydrogens is 366 g/mol. The predicted octanol–water partition coefficient (Wildman–Crippen LogP) is 1.09. The molecule has 0 saturated carbocycles. The Morgan fingerprint density at radius 1 is 1.26 bits per heavy atom. The van der Waals surface area contributed by atoms with E-state index in [2.05, 4.69) is 20.0 Å². The molecule has 1 amide bonds. The number of aromatic nitrogens is 2. The van der Waals surface area contributed by atoms with Crippen LogP contribution in [0.15, 0.2) is 41.6 Å². The summed E-state index contributed by atoms with van der Waals surface area (Å²) in [6.45, 7) is 3.24. The molecule has 0 aliphatic carbocycles. The van der Waals surface area contributed by atoms with Gasteiger partial charge in [0.05, 0.1) is 4.90 Å². The molecule has 1 unspecified atom stereocenters. The first-order valence-corrected chi connectivity index (χ1v) is 10.3. The van der Waals surface area contributed by atoms with E-state index in [4.69, 9.17) is 0 Å². The van der Waals surface area contributed by atoms with E-state index in [1.54, 1.807) is 31.5 Å². The zero-order valence-corrected chi connectivity index (χ0v) is 16.2. The molecule has 1 saturated heterocycles. The van der Waals surface area contributed by atoms with Crippen LogP contribution >= 0.6 is 0 Å². The van der Waals surface area contributed by atoms with Gasteiger partial charge in [0.1, 0.15) is 0 Å². The highest BCUT2D eigenvalue weighted by molar-refractivity contribution is 7.89. The third kappa shape index (κ3) is 4.42. The van der Waals surface area contributed by atoms with Gasteiger partial charge in [-0.1, -0.05) is 6.07 Å². The van der Waals surface area contributed by atoms with Gasteiger partial charge in [-0.3, -0.25) is 4.79 Å². The number of hydrogen-bond acceptors (Lipinski definition) is 6. The Hall–Kier alpha value is -2.52. The predicted molar refractivity (Wildman–Crippen MR) is 102 cm³/mol. The van der Waals surface area contributed by atoms with Crippen molar-refractivity contribution >= 4 is 21.9 Å². The lowest BCUT2D eigenvalue weighted by Crippen LogP contribution is -2.48. The van der Waals surface area contributed by atoms with Crippen molar-refractivity contribution in [3.63, 3.8) is 0 Å². The van der Waals surface area contributed by atoms with E-state index in [1.165, 1.54) is 19.2 Å². The molecule has 8 nitrogen and oxygen atoms in total. The Morgan fingerprint density at radius 3 is 2.70 bits per heavy atom. The number of carbonyl (C=O) groups is 1. The standard InChI is InChI=1S/C18H23N5O3S/c1-13-6-7-15(27(25,26)19-2)11-16(13)17(24)22-14-5-3-10-23(12-14)18-20-8-4-9-21-18/h4,6-9,11,14,19H,3,5,10,12H2,1-2H3,(H,22,24). The average Bonchev–Trinajstić information content (AvgIpc) is 2.69. The highest BCUT2D eigenvalue weighted by Crippen LogP contribution is 2.18. The Labute approximate surface area is 159 Å². The lowest BCUT2D eigenvalue weighted by molar-refractivity contribution is 0.0932. The first kappa shape index (κ1) is 19.2. The lowest BCUT2D eigenvalue weighted by atomic mass is 10.0. The summed E-state index contributed by atoms with van der Waals surface area (Å²) in [4.78, 5) is 23.4. The van der Waals surface area contributed by atoms with Crippen LogP contribution in [0.4, 0.5) is 5.95 Å². The third-order valence-electron chi connectivity index (χ3n) is 4.62. The topological polar surface area (TPSA) is 104 Å². The third-order valence-corrected chi connectivity index (χ3v) is 6.04. The van der Waals surface area contributed by atoms with Crippen LogP contribution in [0.3, 0.4) is 0 Å². The molecule has 9 heteroatoms. The van der Waals surface area contributed by atoms with Crippen LogP contribution in [0.5, 0.6) is 0 Å². The highest BCUT2D eigenvalue weighted by atomic mass is 32.2. The van der Waals surface area contributed by atoms with Gasteiger partial charge in [0.15, 0.2) is 0 Å². The van der Waals surface area contributed by atoms with Crippen molar-refractivity contribution in [2.45, 2.75) is 30.7 Å². The van der Waals surface area contributed by atoms with Gasteiger partial charge in [0, 0.05) is 37.1 Å². The van der Waals surface area contributed by atoms with Crippen molar-refractivity contribution in [2.75, 3.05) is 25.0 Å². The molecule has 3 rings (SSSR count). The molecule has 1 aromatic carbocycles. The molecular formula is C18H23N5O3S. The number of sulfonamides is 1. The summed E-state index contributed by atoms with van der Waals surface area (Å²) in [7, 11) is -2.26. The van der Waals surface area contributed by atoms with E-state index in [-0.39, 0.29) is 16.8 Å². The van der Waals surface area contributed by atoms with Crippen molar-refractivity contribution in [1.82, 2.24) is 20.0 Å². The Morgan fingerprint density at radius 2 is 2.00 bits per heavy atom. The summed E-state index contributed by atoms with van der Waals surface area (Å²) >= 11 is 0. The molecule has 1 aromatic heterocycles. The fourth-order valence-corrected chi connectivity index (χ4v) is 3.88. The maximum absolute atomic E-state index is 12.8. The number of nitrogens with zero attached hydrogens (tertiary/aromatic N) is 3. The largest absolute Gasteiger partial charge is 0.348 e. The van der Waals surface area contributed by atoms with Gasteiger partial charge in [-0.15, -0.1) is 0 Å². The van der Waals surface area contributed by atoms with Crippen molar-refractivity contribution in [2.24, 2.45) is 0 Å². The number of anilines is 1. The fraction of sp³-hybridized carbons (Fsp3) is 0.389. The summed E-state index contributed by atoms with van der Waals surface area (Å²) in [5.74, 6) is 0.372. The number of amides is 1. The Bertz CT molecular complexity index is 918. The summed E-state index contributed by atoms with van der Waals surface area (Å²) in [6.07, 6.45) is 5.15. The van der Waals surface area contributed by atoms with Gasteiger partial charge in [0.2, 0.25) is 16.0 Å². The fourth-order valence-electron chi connectivity index (χ4n) is 3.13. The lowest BCUT2D eigenvalue weighted by Gasteiger charge is -2.33. The number of hydrogen-bond donors (Lipinski definition) is 2. The number of nitrogens with one attached hydrogen (secondary N) is 2. The Kier molecular flexibility index (Phi) is 5.71. The minimum atomic E-state index is -3.60. The molecule has 0 bridgehead atoms. The second-order valence-corrected chi connectivity index (χ2v) is 8.38. The number of aryl methyl sites for hydroxylation is 1. The van der Waals surface area contributed by atoms with Crippen LogP contribution in [-0.2, 0) is 10.0 Å². The van der Waals surface area contributed by atoms with Gasteiger partial charge >= 0.3 is 0 Å². The second kappa shape index (κ2) is 8.01. The van der Waals surface area contributed by atoms with E-state index in [9.17, 15) is 13.2 Å². The molecule has 1 atom stereocenters. The van der Waals surface area contributed by atoms with Crippen molar-refractivity contribution < 1.29 is 13.2 Å². The molecule has 0 radical (unpaired) electrons. The quantitative estimate of drug-likeness (QED) is 0.793. The normalized spacial score (nSPS) is 17.6. The molecule has 0 spiro atoms. The maximum Gasteiger partial charge on any atom is 0.251 e. The van der Waals surface area contributed by atoms with Crippen LogP contribution in [-0.4, -0.2) is 50.5 Å². The minimum Gasteiger partial charge on any atom is -0.348 e. The number of piperidine rings is 1. The average molecular weight is 389 g/mol. The van der Waals surface area contributed by atoms with Crippen LogP contribution in [0, 0.1) is 6.92 Å². The SMILES string of the molecule is CNS(=O)(=O)c1ccc(C)c(C(=O)NC2CCCN(c3ncccn3)C2)c1. The van der Waals surface area contributed by atoms with Crippen LogP contribution in [0.1, 0.15) is 28.8 Å². The van der Waals surface area contributed by atoms with Gasteiger partial charge < -0.3 is 10.2 Å². The molecule has 27 heavy (non-hydrogen) atoms. The van der Waals surface area contributed by atoms with Crippen molar-refractivity contribution in [3.8, 4) is 0 Å². The molecule has 1 aliphatic rings. The first-order chi connectivity index (χ1) is 12.9. The highest BCUT2D eigenvalue weighted by Gasteiger charge is 2.24. The Balaban J connectivity index is 1.74. The van der Waals surface area contributed by atoms with Gasteiger partial charge in [0.25, 0.3) is 5.91 Å². The van der Waals surface area contributed by atoms with E-state index in [0.29, 0.717) is 18.1 Å². The zero-order chi connectivity index (χ0) is 19.4. The molecule has 2 heterocycles.